The van der Waals surface area contributed by atoms with Gasteiger partial charge in [-0.15, -0.1) is 0 Å². The monoisotopic (exact) mass is 419 g/mol. The van der Waals surface area contributed by atoms with Gasteiger partial charge < -0.3 is 14.8 Å². The summed E-state index contributed by atoms with van der Waals surface area (Å²) < 4.78 is 11.8. The first-order valence-corrected chi connectivity index (χ1v) is 11.0. The summed E-state index contributed by atoms with van der Waals surface area (Å²) in [6, 6.07) is 14.3. The molecule has 1 saturated carbocycles. The van der Waals surface area contributed by atoms with Crippen LogP contribution in [-0.4, -0.2) is 34.6 Å². The van der Waals surface area contributed by atoms with Crippen molar-refractivity contribution in [1.29, 1.82) is 0 Å². The molecule has 0 radical (unpaired) electrons. The van der Waals surface area contributed by atoms with Crippen LogP contribution in [0.2, 0.25) is 0 Å². The number of nitrogens with zero attached hydrogens (tertiary/aromatic N) is 2. The van der Waals surface area contributed by atoms with E-state index in [1.165, 1.54) is 0 Å². The molecule has 4 rings (SSSR count). The van der Waals surface area contributed by atoms with Crippen LogP contribution in [0.4, 0.5) is 0 Å². The van der Waals surface area contributed by atoms with Crippen molar-refractivity contribution in [2.24, 2.45) is 0 Å². The number of aromatic nitrogens is 2. The highest BCUT2D eigenvalue weighted by molar-refractivity contribution is 6.09. The predicted molar refractivity (Wildman–Crippen MR) is 121 cm³/mol. The Hall–Kier alpha value is -3.15. The molecule has 0 spiro atoms. The SMILES string of the molecule is CCOc1ccc2ccccc2c1C(=O)NC1CCC(Oc2nc(C)cc(C)n2)CC1. The van der Waals surface area contributed by atoms with Crippen molar-refractivity contribution >= 4 is 16.7 Å². The summed E-state index contributed by atoms with van der Waals surface area (Å²) in [5.41, 5.74) is 2.43. The minimum Gasteiger partial charge on any atom is -0.493 e. The number of nitrogens with one attached hydrogen (secondary N) is 1. The van der Waals surface area contributed by atoms with Gasteiger partial charge in [-0.25, -0.2) is 9.97 Å². The van der Waals surface area contributed by atoms with Crippen LogP contribution in [0.25, 0.3) is 10.8 Å². The summed E-state index contributed by atoms with van der Waals surface area (Å²) >= 11 is 0. The van der Waals surface area contributed by atoms with Crippen LogP contribution in [0.15, 0.2) is 42.5 Å². The van der Waals surface area contributed by atoms with Gasteiger partial charge in [0.05, 0.1) is 12.2 Å². The van der Waals surface area contributed by atoms with E-state index in [0.717, 1.165) is 47.8 Å². The van der Waals surface area contributed by atoms with E-state index < -0.39 is 0 Å². The third kappa shape index (κ3) is 4.95. The van der Waals surface area contributed by atoms with Crippen molar-refractivity contribution in [3.05, 3.63) is 59.4 Å². The first kappa shape index (κ1) is 21.1. The van der Waals surface area contributed by atoms with Crippen LogP contribution in [0.1, 0.15) is 54.4 Å². The summed E-state index contributed by atoms with van der Waals surface area (Å²) in [6.07, 6.45) is 3.50. The number of aryl methyl sites for hydroxylation is 2. The highest BCUT2D eigenvalue weighted by Crippen LogP contribution is 2.29. The molecule has 1 aromatic heterocycles. The third-order valence-corrected chi connectivity index (χ3v) is 5.66. The number of rotatable bonds is 6. The Bertz CT molecular complexity index is 1050. The molecule has 2 aromatic carbocycles. The van der Waals surface area contributed by atoms with Crippen molar-refractivity contribution in [1.82, 2.24) is 15.3 Å². The molecule has 1 aliphatic rings. The predicted octanol–water partition coefficient (Wildman–Crippen LogP) is 4.77. The molecule has 1 amide bonds. The van der Waals surface area contributed by atoms with Gasteiger partial charge >= 0.3 is 6.01 Å². The van der Waals surface area contributed by atoms with Gasteiger partial charge in [-0.2, -0.15) is 0 Å². The normalized spacial score (nSPS) is 18.5. The van der Waals surface area contributed by atoms with E-state index in [0.29, 0.717) is 23.9 Å². The molecule has 1 N–H and O–H groups in total. The summed E-state index contributed by atoms with van der Waals surface area (Å²) in [5, 5.41) is 5.16. The first-order valence-electron chi connectivity index (χ1n) is 11.0. The molecule has 0 unspecified atom stereocenters. The fourth-order valence-corrected chi connectivity index (χ4v) is 4.24. The Morgan fingerprint density at radius 1 is 1.03 bits per heavy atom. The fraction of sp³-hybridized carbons (Fsp3) is 0.400. The van der Waals surface area contributed by atoms with Crippen LogP contribution >= 0.6 is 0 Å². The Labute approximate surface area is 183 Å². The Morgan fingerprint density at radius 3 is 2.45 bits per heavy atom. The van der Waals surface area contributed by atoms with Crippen molar-refractivity contribution in [2.75, 3.05) is 6.61 Å². The van der Waals surface area contributed by atoms with Gasteiger partial charge in [0.2, 0.25) is 0 Å². The van der Waals surface area contributed by atoms with Crippen LogP contribution < -0.4 is 14.8 Å². The van der Waals surface area contributed by atoms with Crippen molar-refractivity contribution in [3.8, 4) is 11.8 Å². The number of fused-ring (bicyclic) bond motifs is 1. The standard InChI is InChI=1S/C25H29N3O3/c1-4-30-22-14-9-18-7-5-6-8-21(18)23(22)24(29)28-19-10-12-20(13-11-19)31-25-26-16(2)15-17(3)27-25/h5-9,14-15,19-20H,4,10-13H2,1-3H3,(H,28,29). The molecular weight excluding hydrogens is 390 g/mol. The zero-order valence-electron chi connectivity index (χ0n) is 18.4. The van der Waals surface area contributed by atoms with Crippen LogP contribution in [0.3, 0.4) is 0 Å². The molecule has 3 aromatic rings. The summed E-state index contributed by atoms with van der Waals surface area (Å²) in [6.45, 7) is 6.33. The van der Waals surface area contributed by atoms with E-state index in [-0.39, 0.29) is 18.1 Å². The van der Waals surface area contributed by atoms with Gasteiger partial charge in [-0.3, -0.25) is 4.79 Å². The van der Waals surface area contributed by atoms with Gasteiger partial charge in [-0.05, 0) is 69.4 Å². The zero-order chi connectivity index (χ0) is 21.8. The fourth-order valence-electron chi connectivity index (χ4n) is 4.24. The smallest absolute Gasteiger partial charge is 0.317 e. The van der Waals surface area contributed by atoms with E-state index in [2.05, 4.69) is 15.3 Å². The van der Waals surface area contributed by atoms with E-state index >= 15 is 0 Å². The van der Waals surface area contributed by atoms with E-state index in [4.69, 9.17) is 9.47 Å². The molecular formula is C25H29N3O3. The molecule has 162 valence electrons. The van der Waals surface area contributed by atoms with Gasteiger partial charge in [0.1, 0.15) is 11.9 Å². The molecule has 0 atom stereocenters. The molecule has 1 aliphatic carbocycles. The summed E-state index contributed by atoms with van der Waals surface area (Å²) in [4.78, 5) is 22.0. The van der Waals surface area contributed by atoms with Gasteiger partial charge in [0.25, 0.3) is 5.91 Å². The Morgan fingerprint density at radius 2 is 1.74 bits per heavy atom. The molecule has 0 saturated heterocycles. The van der Waals surface area contributed by atoms with E-state index in [1.807, 2.05) is 63.2 Å². The first-order chi connectivity index (χ1) is 15.0. The van der Waals surface area contributed by atoms with Gasteiger partial charge in [0.15, 0.2) is 0 Å². The van der Waals surface area contributed by atoms with E-state index in [9.17, 15) is 4.79 Å². The lowest BCUT2D eigenvalue weighted by Gasteiger charge is -2.29. The molecule has 1 fully saturated rings. The minimum absolute atomic E-state index is 0.0749. The Balaban J connectivity index is 1.42. The maximum atomic E-state index is 13.2. The van der Waals surface area contributed by atoms with Crippen molar-refractivity contribution in [3.63, 3.8) is 0 Å². The number of hydrogen-bond acceptors (Lipinski definition) is 5. The second-order valence-electron chi connectivity index (χ2n) is 8.09. The topological polar surface area (TPSA) is 73.3 Å². The van der Waals surface area contributed by atoms with E-state index in [1.54, 1.807) is 0 Å². The maximum Gasteiger partial charge on any atom is 0.317 e. The lowest BCUT2D eigenvalue weighted by molar-refractivity contribution is 0.0883. The zero-order valence-corrected chi connectivity index (χ0v) is 18.4. The average molecular weight is 420 g/mol. The summed E-state index contributed by atoms with van der Waals surface area (Å²) in [7, 11) is 0. The number of benzene rings is 2. The second-order valence-corrected chi connectivity index (χ2v) is 8.09. The number of carbonyl (C=O) groups excluding carboxylic acids is 1. The highest BCUT2D eigenvalue weighted by Gasteiger charge is 2.26. The molecule has 0 aliphatic heterocycles. The van der Waals surface area contributed by atoms with Crippen LogP contribution in [0, 0.1) is 13.8 Å². The molecule has 0 bridgehead atoms. The third-order valence-electron chi connectivity index (χ3n) is 5.66. The number of carbonyl (C=O) groups is 1. The van der Waals surface area contributed by atoms with Crippen LogP contribution in [-0.2, 0) is 0 Å². The lowest BCUT2D eigenvalue weighted by atomic mass is 9.92. The number of amides is 1. The van der Waals surface area contributed by atoms with Crippen LogP contribution in [0.5, 0.6) is 11.8 Å². The molecule has 6 nitrogen and oxygen atoms in total. The number of ether oxygens (including phenoxy) is 2. The Kier molecular flexibility index (Phi) is 6.35. The highest BCUT2D eigenvalue weighted by atomic mass is 16.5. The summed E-state index contributed by atoms with van der Waals surface area (Å²) in [5.74, 6) is 0.546. The lowest BCUT2D eigenvalue weighted by Crippen LogP contribution is -2.40. The molecule has 6 heteroatoms. The largest absolute Gasteiger partial charge is 0.493 e. The van der Waals surface area contributed by atoms with Crippen molar-refractivity contribution < 1.29 is 14.3 Å². The van der Waals surface area contributed by atoms with Gasteiger partial charge in [-0.1, -0.05) is 30.3 Å². The average Bonchev–Trinajstić information content (AvgIpc) is 2.74. The number of hydrogen-bond donors (Lipinski definition) is 1. The molecule has 31 heavy (non-hydrogen) atoms. The maximum absolute atomic E-state index is 13.2. The quantitative estimate of drug-likeness (QED) is 0.623. The second kappa shape index (κ2) is 9.33. The minimum atomic E-state index is -0.0812. The molecule has 1 heterocycles. The van der Waals surface area contributed by atoms with Crippen molar-refractivity contribution in [2.45, 2.75) is 58.6 Å². The van der Waals surface area contributed by atoms with Gasteiger partial charge in [0, 0.05) is 17.4 Å².